The van der Waals surface area contributed by atoms with Crippen molar-refractivity contribution in [2.75, 3.05) is 45.9 Å². The summed E-state index contributed by atoms with van der Waals surface area (Å²) in [5.41, 5.74) is 0. The van der Waals surface area contributed by atoms with Gasteiger partial charge in [0.15, 0.2) is 11.5 Å². The van der Waals surface area contributed by atoms with E-state index in [1.165, 1.54) is 16.4 Å². The Bertz CT molecular complexity index is 940. The fourth-order valence-electron chi connectivity index (χ4n) is 4.14. The molecule has 3 aliphatic heterocycles. The standard InChI is InChI=1S/C20H27N3O6S/c1-14(2)23-13-15(11-19(23)24)20(25)21-5-7-22(8-6-21)30(26,27)16-3-4-17-18(12-16)29-10-9-28-17/h3-4,12,14-15H,5-11,13H2,1-2H3. The van der Waals surface area contributed by atoms with Gasteiger partial charge in [0.05, 0.1) is 10.8 Å². The third-order valence-electron chi connectivity index (χ3n) is 5.83. The molecule has 0 N–H and O–H groups in total. The van der Waals surface area contributed by atoms with Gasteiger partial charge in [0.1, 0.15) is 13.2 Å². The van der Waals surface area contributed by atoms with Crippen LogP contribution in [0, 0.1) is 5.92 Å². The summed E-state index contributed by atoms with van der Waals surface area (Å²) in [6, 6.07) is 4.69. The van der Waals surface area contributed by atoms with Crippen LogP contribution in [0.4, 0.5) is 0 Å². The third-order valence-corrected chi connectivity index (χ3v) is 7.73. The Kier molecular flexibility index (Phi) is 5.63. The van der Waals surface area contributed by atoms with E-state index in [0.29, 0.717) is 44.3 Å². The molecule has 0 radical (unpaired) electrons. The molecule has 0 aromatic heterocycles. The third kappa shape index (κ3) is 3.85. The van der Waals surface area contributed by atoms with Crippen LogP contribution < -0.4 is 9.47 Å². The highest BCUT2D eigenvalue weighted by molar-refractivity contribution is 7.89. The predicted octanol–water partition coefficient (Wildman–Crippen LogP) is 0.548. The van der Waals surface area contributed by atoms with Crippen LogP contribution in [0.2, 0.25) is 0 Å². The first-order valence-electron chi connectivity index (χ1n) is 10.3. The summed E-state index contributed by atoms with van der Waals surface area (Å²) in [6.45, 7) is 6.20. The molecule has 1 aromatic carbocycles. The summed E-state index contributed by atoms with van der Waals surface area (Å²) in [4.78, 5) is 28.5. The highest BCUT2D eigenvalue weighted by Gasteiger charge is 2.39. The number of nitrogens with zero attached hydrogens (tertiary/aromatic N) is 3. The van der Waals surface area contributed by atoms with Gasteiger partial charge in [-0.2, -0.15) is 4.31 Å². The number of carbonyl (C=O) groups excluding carboxylic acids is 2. The van der Waals surface area contributed by atoms with Crippen LogP contribution in [-0.4, -0.2) is 86.3 Å². The quantitative estimate of drug-likeness (QED) is 0.683. The normalized spacial score (nSPS) is 22.6. The Morgan fingerprint density at radius 1 is 1.07 bits per heavy atom. The van der Waals surface area contributed by atoms with Gasteiger partial charge in [-0.3, -0.25) is 9.59 Å². The number of fused-ring (bicyclic) bond motifs is 1. The maximum atomic E-state index is 13.0. The molecule has 0 saturated carbocycles. The van der Waals surface area contributed by atoms with Gasteiger partial charge in [-0.1, -0.05) is 0 Å². The number of piperazine rings is 1. The summed E-state index contributed by atoms with van der Waals surface area (Å²) in [5, 5.41) is 0. The molecule has 1 atom stereocenters. The Hall–Kier alpha value is -2.33. The topological polar surface area (TPSA) is 96.5 Å². The summed E-state index contributed by atoms with van der Waals surface area (Å²) in [5.74, 6) is 0.556. The highest BCUT2D eigenvalue weighted by atomic mass is 32.2. The lowest BCUT2D eigenvalue weighted by Gasteiger charge is -2.35. The maximum absolute atomic E-state index is 13.0. The van der Waals surface area contributed by atoms with Gasteiger partial charge in [-0.15, -0.1) is 0 Å². The van der Waals surface area contributed by atoms with Gasteiger partial charge < -0.3 is 19.3 Å². The molecule has 3 heterocycles. The van der Waals surface area contributed by atoms with E-state index in [0.717, 1.165) is 0 Å². The minimum Gasteiger partial charge on any atom is -0.486 e. The number of ether oxygens (including phenoxy) is 2. The van der Waals surface area contributed by atoms with Crippen molar-refractivity contribution in [3.05, 3.63) is 18.2 Å². The number of sulfonamides is 1. The van der Waals surface area contributed by atoms with Crippen molar-refractivity contribution in [3.63, 3.8) is 0 Å². The van der Waals surface area contributed by atoms with Crippen molar-refractivity contribution in [1.82, 2.24) is 14.1 Å². The maximum Gasteiger partial charge on any atom is 0.243 e. The van der Waals surface area contributed by atoms with E-state index < -0.39 is 10.0 Å². The molecule has 3 aliphatic rings. The number of rotatable bonds is 4. The van der Waals surface area contributed by atoms with Crippen LogP contribution in [0.1, 0.15) is 20.3 Å². The molecule has 1 unspecified atom stereocenters. The van der Waals surface area contributed by atoms with E-state index in [9.17, 15) is 18.0 Å². The van der Waals surface area contributed by atoms with Gasteiger partial charge in [-0.05, 0) is 26.0 Å². The first kappa shape index (κ1) is 20.9. The van der Waals surface area contributed by atoms with Crippen molar-refractivity contribution in [1.29, 1.82) is 0 Å². The van der Waals surface area contributed by atoms with Crippen LogP contribution in [0.5, 0.6) is 11.5 Å². The van der Waals surface area contributed by atoms with Crippen molar-refractivity contribution >= 4 is 21.8 Å². The monoisotopic (exact) mass is 437 g/mol. The Morgan fingerprint density at radius 2 is 1.73 bits per heavy atom. The zero-order valence-corrected chi connectivity index (χ0v) is 18.1. The van der Waals surface area contributed by atoms with Gasteiger partial charge in [0.25, 0.3) is 0 Å². The summed E-state index contributed by atoms with van der Waals surface area (Å²) >= 11 is 0. The lowest BCUT2D eigenvalue weighted by atomic mass is 10.1. The second-order valence-corrected chi connectivity index (χ2v) is 10.0. The zero-order chi connectivity index (χ0) is 21.5. The van der Waals surface area contributed by atoms with Crippen molar-refractivity contribution in [2.24, 2.45) is 5.92 Å². The van der Waals surface area contributed by atoms with Gasteiger partial charge in [0, 0.05) is 51.3 Å². The minimum atomic E-state index is -3.69. The molecule has 164 valence electrons. The number of benzene rings is 1. The van der Waals surface area contributed by atoms with Gasteiger partial charge >= 0.3 is 0 Å². The van der Waals surface area contributed by atoms with E-state index in [2.05, 4.69) is 0 Å². The molecule has 2 fully saturated rings. The molecule has 4 rings (SSSR count). The van der Waals surface area contributed by atoms with Gasteiger partial charge in [-0.25, -0.2) is 8.42 Å². The molecule has 1 aromatic rings. The van der Waals surface area contributed by atoms with Crippen LogP contribution in [0.3, 0.4) is 0 Å². The molecule has 30 heavy (non-hydrogen) atoms. The van der Waals surface area contributed by atoms with Crippen molar-refractivity contribution < 1.29 is 27.5 Å². The summed E-state index contributed by atoms with van der Waals surface area (Å²) in [6.07, 6.45) is 0.229. The molecular weight excluding hydrogens is 410 g/mol. The minimum absolute atomic E-state index is 0.00294. The summed E-state index contributed by atoms with van der Waals surface area (Å²) < 4.78 is 38.4. The number of amides is 2. The smallest absolute Gasteiger partial charge is 0.243 e. The van der Waals surface area contributed by atoms with Crippen molar-refractivity contribution in [2.45, 2.75) is 31.2 Å². The summed E-state index contributed by atoms with van der Waals surface area (Å²) in [7, 11) is -3.69. The van der Waals surface area contributed by atoms with E-state index >= 15 is 0 Å². The molecule has 2 saturated heterocycles. The SMILES string of the molecule is CC(C)N1CC(C(=O)N2CCN(S(=O)(=O)c3ccc4c(c3)OCCO4)CC2)CC1=O. The molecule has 9 nitrogen and oxygen atoms in total. The average Bonchev–Trinajstić information content (AvgIpc) is 3.15. The zero-order valence-electron chi connectivity index (χ0n) is 17.2. The Morgan fingerprint density at radius 3 is 2.37 bits per heavy atom. The Balaban J connectivity index is 1.39. The second kappa shape index (κ2) is 8.07. The van der Waals surface area contributed by atoms with E-state index in [1.54, 1.807) is 15.9 Å². The lowest BCUT2D eigenvalue weighted by Crippen LogP contribution is -2.52. The molecule has 10 heteroatoms. The molecular formula is C20H27N3O6S. The number of carbonyl (C=O) groups is 2. The fraction of sp³-hybridized carbons (Fsp3) is 0.600. The largest absolute Gasteiger partial charge is 0.486 e. The molecule has 2 amide bonds. The molecule has 0 aliphatic carbocycles. The van der Waals surface area contributed by atoms with E-state index in [1.807, 2.05) is 13.8 Å². The van der Waals surface area contributed by atoms with Gasteiger partial charge in [0.2, 0.25) is 21.8 Å². The first-order chi connectivity index (χ1) is 14.3. The number of hydrogen-bond acceptors (Lipinski definition) is 6. The Labute approximate surface area is 176 Å². The first-order valence-corrected chi connectivity index (χ1v) is 11.7. The van der Waals surface area contributed by atoms with E-state index in [-0.39, 0.29) is 48.2 Å². The lowest BCUT2D eigenvalue weighted by molar-refractivity contribution is -0.137. The van der Waals surface area contributed by atoms with Crippen LogP contribution in [0.25, 0.3) is 0 Å². The van der Waals surface area contributed by atoms with Crippen LogP contribution in [-0.2, 0) is 19.6 Å². The fourth-order valence-corrected chi connectivity index (χ4v) is 5.57. The predicted molar refractivity (Wildman–Crippen MR) is 108 cm³/mol. The molecule has 0 spiro atoms. The average molecular weight is 438 g/mol. The second-order valence-electron chi connectivity index (χ2n) is 8.08. The highest BCUT2D eigenvalue weighted by Crippen LogP contribution is 2.33. The van der Waals surface area contributed by atoms with Crippen LogP contribution >= 0.6 is 0 Å². The van der Waals surface area contributed by atoms with Crippen LogP contribution in [0.15, 0.2) is 23.1 Å². The number of likely N-dealkylation sites (tertiary alicyclic amines) is 1. The molecule has 0 bridgehead atoms. The van der Waals surface area contributed by atoms with Crippen molar-refractivity contribution in [3.8, 4) is 11.5 Å². The van der Waals surface area contributed by atoms with E-state index in [4.69, 9.17) is 9.47 Å². The number of hydrogen-bond donors (Lipinski definition) is 0.